The lowest BCUT2D eigenvalue weighted by molar-refractivity contribution is -0.133. The van der Waals surface area contributed by atoms with E-state index in [1.54, 1.807) is 6.33 Å². The van der Waals surface area contributed by atoms with Crippen LogP contribution < -0.4 is 4.90 Å². The highest BCUT2D eigenvalue weighted by atomic mass is 35.5. The fourth-order valence-corrected chi connectivity index (χ4v) is 4.69. The zero-order valence-corrected chi connectivity index (χ0v) is 21.5. The van der Waals surface area contributed by atoms with Crippen LogP contribution in [0.25, 0.3) is 0 Å². The molecule has 36 heavy (non-hydrogen) atoms. The number of hydrogen-bond donors (Lipinski definition) is 0. The molecule has 8 nitrogen and oxygen atoms in total. The Balaban J connectivity index is 1.65. The number of anilines is 1. The first-order valence-corrected chi connectivity index (χ1v) is 12.9. The van der Waals surface area contributed by atoms with E-state index in [1.165, 1.54) is 16.6 Å². The molecule has 9 heteroatoms. The van der Waals surface area contributed by atoms with Crippen molar-refractivity contribution < 1.29 is 9.59 Å². The van der Waals surface area contributed by atoms with Crippen LogP contribution in [-0.2, 0) is 29.2 Å². The highest BCUT2D eigenvalue weighted by Gasteiger charge is 2.24. The molecule has 0 unspecified atom stereocenters. The highest BCUT2D eigenvalue weighted by Crippen LogP contribution is 2.28. The number of carbonyl (C=O) groups excluding carboxylic acids is 2. The zero-order chi connectivity index (χ0) is 25.3. The predicted octanol–water partition coefficient (Wildman–Crippen LogP) is 4.00. The Hall–Kier alpha value is -3.23. The van der Waals surface area contributed by atoms with Crippen LogP contribution >= 0.6 is 11.6 Å². The van der Waals surface area contributed by atoms with Crippen molar-refractivity contribution in [2.75, 3.05) is 31.1 Å². The summed E-state index contributed by atoms with van der Waals surface area (Å²) in [4.78, 5) is 36.6. The van der Waals surface area contributed by atoms with Crippen LogP contribution in [0.3, 0.4) is 0 Å². The maximum atomic E-state index is 13.4. The van der Waals surface area contributed by atoms with E-state index in [-0.39, 0.29) is 18.4 Å². The molecule has 2 amide bonds. The number of halogens is 1. The van der Waals surface area contributed by atoms with E-state index < -0.39 is 0 Å². The molecule has 190 valence electrons. The fraction of sp³-hybridized carbons (Fsp3) is 0.407. The number of amides is 2. The second kappa shape index (κ2) is 12.6. The van der Waals surface area contributed by atoms with Gasteiger partial charge in [0.25, 0.3) is 0 Å². The van der Waals surface area contributed by atoms with Crippen LogP contribution in [0.2, 0.25) is 5.02 Å². The first kappa shape index (κ1) is 25.9. The Morgan fingerprint density at radius 2 is 1.83 bits per heavy atom. The predicted molar refractivity (Wildman–Crippen MR) is 140 cm³/mol. The van der Waals surface area contributed by atoms with Gasteiger partial charge in [-0.15, -0.1) is 0 Å². The van der Waals surface area contributed by atoms with Crippen molar-refractivity contribution in [1.29, 1.82) is 0 Å². The minimum atomic E-state index is -0.0493. The number of aromatic nitrogens is 3. The molecule has 1 aliphatic heterocycles. The van der Waals surface area contributed by atoms with Gasteiger partial charge in [-0.1, -0.05) is 54.9 Å². The molecule has 2 aromatic carbocycles. The number of nitrogens with zero attached hydrogens (tertiary/aromatic N) is 6. The van der Waals surface area contributed by atoms with E-state index in [4.69, 9.17) is 11.6 Å². The van der Waals surface area contributed by atoms with E-state index in [0.717, 1.165) is 43.7 Å². The SMILES string of the molecule is CCCC(=O)N1CCCN(Cc2ccccc2)CCN(C(=O)Cn2cncn2)Cc2ccc(Cl)cc21. The van der Waals surface area contributed by atoms with Gasteiger partial charge in [0.1, 0.15) is 19.2 Å². The van der Waals surface area contributed by atoms with Crippen molar-refractivity contribution >= 4 is 29.1 Å². The minimum absolute atomic E-state index is 0.0493. The van der Waals surface area contributed by atoms with Gasteiger partial charge < -0.3 is 9.80 Å². The minimum Gasteiger partial charge on any atom is -0.335 e. The van der Waals surface area contributed by atoms with Crippen LogP contribution in [0.15, 0.2) is 61.2 Å². The molecular formula is C27H33ClN6O2. The Kier molecular flexibility index (Phi) is 9.08. The maximum absolute atomic E-state index is 13.4. The molecule has 0 saturated carbocycles. The summed E-state index contributed by atoms with van der Waals surface area (Å²) < 4.78 is 1.54. The van der Waals surface area contributed by atoms with Crippen molar-refractivity contribution in [1.82, 2.24) is 24.6 Å². The van der Waals surface area contributed by atoms with Crippen LogP contribution in [0.4, 0.5) is 5.69 Å². The second-order valence-corrected chi connectivity index (χ2v) is 9.53. The summed E-state index contributed by atoms with van der Waals surface area (Å²) in [6, 6.07) is 15.9. The summed E-state index contributed by atoms with van der Waals surface area (Å²) in [7, 11) is 0. The molecule has 1 aromatic heterocycles. The molecule has 0 radical (unpaired) electrons. The summed E-state index contributed by atoms with van der Waals surface area (Å²) >= 11 is 6.38. The van der Waals surface area contributed by atoms with Crippen molar-refractivity contribution in [2.24, 2.45) is 0 Å². The maximum Gasteiger partial charge on any atom is 0.244 e. The summed E-state index contributed by atoms with van der Waals surface area (Å²) in [6.07, 6.45) is 5.03. The van der Waals surface area contributed by atoms with Crippen molar-refractivity contribution in [2.45, 2.75) is 45.8 Å². The zero-order valence-electron chi connectivity index (χ0n) is 20.7. The molecule has 0 spiro atoms. The summed E-state index contributed by atoms with van der Waals surface area (Å²) in [5.74, 6) is 0.0297. The van der Waals surface area contributed by atoms with Gasteiger partial charge in [0, 0.05) is 50.7 Å². The highest BCUT2D eigenvalue weighted by molar-refractivity contribution is 6.31. The van der Waals surface area contributed by atoms with Gasteiger partial charge in [-0.3, -0.25) is 14.5 Å². The monoisotopic (exact) mass is 508 g/mol. The third-order valence-electron chi connectivity index (χ3n) is 6.37. The van der Waals surface area contributed by atoms with Crippen molar-refractivity contribution in [3.05, 3.63) is 77.3 Å². The summed E-state index contributed by atoms with van der Waals surface area (Å²) in [5.41, 5.74) is 2.92. The number of fused-ring (bicyclic) bond motifs is 1. The third-order valence-corrected chi connectivity index (χ3v) is 6.61. The lowest BCUT2D eigenvalue weighted by atomic mass is 10.1. The van der Waals surface area contributed by atoms with Gasteiger partial charge in [0.15, 0.2) is 0 Å². The van der Waals surface area contributed by atoms with E-state index >= 15 is 0 Å². The molecule has 3 aromatic rings. The normalized spacial score (nSPS) is 15.3. The van der Waals surface area contributed by atoms with Gasteiger partial charge >= 0.3 is 0 Å². The molecule has 0 atom stereocenters. The number of benzene rings is 2. The molecule has 0 N–H and O–H groups in total. The van der Waals surface area contributed by atoms with E-state index in [0.29, 0.717) is 31.1 Å². The largest absolute Gasteiger partial charge is 0.335 e. The second-order valence-electron chi connectivity index (χ2n) is 9.09. The van der Waals surface area contributed by atoms with Crippen LogP contribution in [0, 0.1) is 0 Å². The average molecular weight is 509 g/mol. The molecule has 0 bridgehead atoms. The van der Waals surface area contributed by atoms with Crippen molar-refractivity contribution in [3.8, 4) is 0 Å². The Bertz CT molecular complexity index is 1140. The fourth-order valence-electron chi connectivity index (χ4n) is 4.53. The van der Waals surface area contributed by atoms with E-state index in [1.807, 2.05) is 53.1 Å². The summed E-state index contributed by atoms with van der Waals surface area (Å²) in [6.45, 7) is 5.99. The first-order valence-electron chi connectivity index (χ1n) is 12.5. The topological polar surface area (TPSA) is 74.6 Å². The van der Waals surface area contributed by atoms with Crippen LogP contribution in [0.5, 0.6) is 0 Å². The van der Waals surface area contributed by atoms with Gasteiger partial charge in [-0.2, -0.15) is 5.10 Å². The van der Waals surface area contributed by atoms with Gasteiger partial charge in [0.2, 0.25) is 11.8 Å². The molecule has 0 aliphatic carbocycles. The lowest BCUT2D eigenvalue weighted by Crippen LogP contribution is -2.40. The van der Waals surface area contributed by atoms with Gasteiger partial charge in [-0.25, -0.2) is 9.67 Å². The van der Waals surface area contributed by atoms with Crippen LogP contribution in [-0.4, -0.2) is 62.6 Å². The Morgan fingerprint density at radius 1 is 1.00 bits per heavy atom. The quantitative estimate of drug-likeness (QED) is 0.503. The number of hydrogen-bond acceptors (Lipinski definition) is 5. The average Bonchev–Trinajstić information content (AvgIpc) is 3.37. The molecule has 0 saturated heterocycles. The first-order chi connectivity index (χ1) is 17.5. The molecule has 2 heterocycles. The number of carbonyl (C=O) groups is 2. The molecule has 4 rings (SSSR count). The lowest BCUT2D eigenvalue weighted by Gasteiger charge is -2.28. The number of rotatable bonds is 6. The standard InChI is InChI=1S/C27H33ClN6O2/c1-2-7-26(35)34-13-6-12-31(17-22-8-4-3-5-9-22)14-15-32(27(36)19-33-21-29-20-30-33)18-23-10-11-24(28)16-25(23)34/h3-5,8-11,16,20-21H,2,6-7,12-15,17-19H2,1H3. The van der Waals surface area contributed by atoms with E-state index in [2.05, 4.69) is 27.1 Å². The Labute approximate surface area is 217 Å². The van der Waals surface area contributed by atoms with Gasteiger partial charge in [-0.05, 0) is 36.1 Å². The molecule has 1 aliphatic rings. The Morgan fingerprint density at radius 3 is 2.58 bits per heavy atom. The van der Waals surface area contributed by atoms with Crippen molar-refractivity contribution in [3.63, 3.8) is 0 Å². The molecular weight excluding hydrogens is 476 g/mol. The van der Waals surface area contributed by atoms with E-state index in [9.17, 15) is 9.59 Å². The smallest absolute Gasteiger partial charge is 0.244 e. The van der Waals surface area contributed by atoms with Crippen LogP contribution in [0.1, 0.15) is 37.3 Å². The molecule has 0 fully saturated rings. The third kappa shape index (κ3) is 6.92. The van der Waals surface area contributed by atoms with Gasteiger partial charge in [0.05, 0.1) is 5.69 Å². The summed E-state index contributed by atoms with van der Waals surface area (Å²) in [5, 5.41) is 4.67.